The molecule has 0 radical (unpaired) electrons. The fourth-order valence-electron chi connectivity index (χ4n) is 2.04. The highest BCUT2D eigenvalue weighted by Crippen LogP contribution is 2.31. The maximum Gasteiger partial charge on any atom is 0.416 e. The van der Waals surface area contributed by atoms with Gasteiger partial charge in [0, 0.05) is 5.56 Å². The Morgan fingerprint density at radius 1 is 1.32 bits per heavy atom. The normalized spacial score (nSPS) is 15.1. The lowest BCUT2D eigenvalue weighted by Crippen LogP contribution is -2.45. The van der Waals surface area contributed by atoms with Crippen LogP contribution in [0.3, 0.4) is 0 Å². The third kappa shape index (κ3) is 3.56. The first-order valence-corrected chi connectivity index (χ1v) is 6.11. The molecular formula is C14H18F3NO. The number of nitrogens with two attached hydrogens (primary N) is 1. The van der Waals surface area contributed by atoms with Crippen LogP contribution in [0, 0.1) is 6.92 Å². The van der Waals surface area contributed by atoms with Crippen molar-refractivity contribution < 1.29 is 18.0 Å². The lowest BCUT2D eigenvalue weighted by molar-refractivity contribution is -0.137. The Hall–Kier alpha value is -1.36. The molecule has 0 aliphatic carbocycles. The molecule has 0 amide bonds. The van der Waals surface area contributed by atoms with Crippen molar-refractivity contribution in [1.29, 1.82) is 0 Å². The van der Waals surface area contributed by atoms with Gasteiger partial charge in [0.25, 0.3) is 0 Å². The number of hydrogen-bond donors (Lipinski definition) is 1. The Balaban J connectivity index is 3.14. The monoisotopic (exact) mass is 273 g/mol. The van der Waals surface area contributed by atoms with Crippen molar-refractivity contribution in [3.05, 3.63) is 34.9 Å². The lowest BCUT2D eigenvalue weighted by Gasteiger charge is -2.23. The van der Waals surface area contributed by atoms with E-state index in [-0.39, 0.29) is 11.3 Å². The second-order valence-corrected chi connectivity index (χ2v) is 5.02. The van der Waals surface area contributed by atoms with E-state index in [0.29, 0.717) is 12.0 Å². The number of alkyl halides is 3. The van der Waals surface area contributed by atoms with E-state index in [9.17, 15) is 18.0 Å². The number of carbonyl (C=O) groups is 1. The fourth-order valence-corrected chi connectivity index (χ4v) is 2.04. The van der Waals surface area contributed by atoms with Gasteiger partial charge < -0.3 is 5.73 Å². The molecular weight excluding hydrogens is 255 g/mol. The second kappa shape index (κ2) is 5.33. The summed E-state index contributed by atoms with van der Waals surface area (Å²) in [6.45, 7) is 5.00. The molecule has 0 saturated carbocycles. The van der Waals surface area contributed by atoms with E-state index < -0.39 is 17.3 Å². The van der Waals surface area contributed by atoms with Crippen LogP contribution >= 0.6 is 0 Å². The molecule has 1 aromatic rings. The molecule has 2 nitrogen and oxygen atoms in total. The highest BCUT2D eigenvalue weighted by molar-refractivity contribution is 6.03. The van der Waals surface area contributed by atoms with Gasteiger partial charge in [-0.1, -0.05) is 19.4 Å². The number of rotatable bonds is 4. The molecule has 0 aromatic heterocycles. The lowest BCUT2D eigenvalue weighted by atomic mass is 9.86. The molecule has 0 aliphatic heterocycles. The summed E-state index contributed by atoms with van der Waals surface area (Å²) in [5.41, 5.74) is 4.68. The molecule has 5 heteroatoms. The van der Waals surface area contributed by atoms with E-state index in [1.54, 1.807) is 6.92 Å². The number of benzene rings is 1. The molecule has 1 unspecified atom stereocenters. The zero-order valence-electron chi connectivity index (χ0n) is 11.3. The highest BCUT2D eigenvalue weighted by atomic mass is 19.4. The minimum atomic E-state index is -4.40. The highest BCUT2D eigenvalue weighted by Gasteiger charge is 2.33. The molecule has 0 aliphatic rings. The van der Waals surface area contributed by atoms with E-state index in [2.05, 4.69) is 0 Å². The third-order valence-electron chi connectivity index (χ3n) is 3.09. The van der Waals surface area contributed by atoms with Crippen LogP contribution in [-0.2, 0) is 6.18 Å². The predicted molar refractivity (Wildman–Crippen MR) is 68.0 cm³/mol. The summed E-state index contributed by atoms with van der Waals surface area (Å²) in [6, 6.07) is 3.11. The topological polar surface area (TPSA) is 43.1 Å². The van der Waals surface area contributed by atoms with Gasteiger partial charge in [0.05, 0.1) is 11.1 Å². The van der Waals surface area contributed by atoms with E-state index in [0.717, 1.165) is 18.6 Å². The summed E-state index contributed by atoms with van der Waals surface area (Å²) >= 11 is 0. The quantitative estimate of drug-likeness (QED) is 0.850. The van der Waals surface area contributed by atoms with Crippen LogP contribution in [0.5, 0.6) is 0 Å². The van der Waals surface area contributed by atoms with Gasteiger partial charge in [-0.15, -0.1) is 0 Å². The van der Waals surface area contributed by atoms with Crippen molar-refractivity contribution in [2.75, 3.05) is 0 Å². The Morgan fingerprint density at radius 2 is 1.89 bits per heavy atom. The Bertz CT molecular complexity index is 478. The zero-order valence-corrected chi connectivity index (χ0v) is 11.3. The number of Topliss-reactive ketones (excluding diaryl/α,β-unsaturated/α-hetero) is 1. The minimum absolute atomic E-state index is 0.256. The van der Waals surface area contributed by atoms with Gasteiger partial charge in [-0.05, 0) is 38.0 Å². The van der Waals surface area contributed by atoms with Crippen molar-refractivity contribution in [3.63, 3.8) is 0 Å². The zero-order chi connectivity index (χ0) is 14.8. The number of carbonyl (C=O) groups excluding carboxylic acids is 1. The van der Waals surface area contributed by atoms with E-state index in [1.807, 2.05) is 6.92 Å². The third-order valence-corrected chi connectivity index (χ3v) is 3.09. The van der Waals surface area contributed by atoms with Crippen molar-refractivity contribution in [1.82, 2.24) is 0 Å². The molecule has 0 saturated heterocycles. The van der Waals surface area contributed by atoms with Gasteiger partial charge in [-0.2, -0.15) is 13.2 Å². The molecule has 106 valence electrons. The first-order valence-electron chi connectivity index (χ1n) is 6.11. The summed E-state index contributed by atoms with van der Waals surface area (Å²) in [7, 11) is 0. The van der Waals surface area contributed by atoms with Crippen LogP contribution in [0.1, 0.15) is 48.2 Å². The standard InChI is InChI=1S/C14H18F3NO/c1-4-7-13(3,18)12(19)11-6-5-10(8-9(11)2)14(15,16)17/h5-6,8H,4,7,18H2,1-3H3. The van der Waals surface area contributed by atoms with Crippen LogP contribution in [0.4, 0.5) is 13.2 Å². The molecule has 0 fully saturated rings. The molecule has 0 spiro atoms. The average molecular weight is 273 g/mol. The number of halogens is 3. The Kier molecular flexibility index (Phi) is 4.40. The number of hydrogen-bond acceptors (Lipinski definition) is 2. The maximum atomic E-state index is 12.5. The maximum absolute atomic E-state index is 12.5. The van der Waals surface area contributed by atoms with Crippen LogP contribution in [0.25, 0.3) is 0 Å². The fraction of sp³-hybridized carbons (Fsp3) is 0.500. The van der Waals surface area contributed by atoms with Crippen LogP contribution in [-0.4, -0.2) is 11.3 Å². The van der Waals surface area contributed by atoms with Crippen molar-refractivity contribution >= 4 is 5.78 Å². The van der Waals surface area contributed by atoms with Crippen LogP contribution < -0.4 is 5.73 Å². The summed E-state index contributed by atoms with van der Waals surface area (Å²) in [5.74, 6) is -0.319. The van der Waals surface area contributed by atoms with Gasteiger partial charge in [0.15, 0.2) is 5.78 Å². The van der Waals surface area contributed by atoms with Crippen molar-refractivity contribution in [3.8, 4) is 0 Å². The first-order chi connectivity index (χ1) is 8.59. The number of ketones is 1. The molecule has 2 N–H and O–H groups in total. The molecule has 1 atom stereocenters. The molecule has 0 bridgehead atoms. The van der Waals surface area contributed by atoms with E-state index >= 15 is 0 Å². The Morgan fingerprint density at radius 3 is 2.32 bits per heavy atom. The van der Waals surface area contributed by atoms with Gasteiger partial charge >= 0.3 is 6.18 Å². The minimum Gasteiger partial charge on any atom is -0.319 e. The Labute approximate surface area is 110 Å². The van der Waals surface area contributed by atoms with Gasteiger partial charge in [0.2, 0.25) is 0 Å². The summed E-state index contributed by atoms with van der Waals surface area (Å²) < 4.78 is 37.6. The number of aryl methyl sites for hydroxylation is 1. The smallest absolute Gasteiger partial charge is 0.319 e. The summed E-state index contributed by atoms with van der Waals surface area (Å²) in [4.78, 5) is 12.2. The van der Waals surface area contributed by atoms with Crippen molar-refractivity contribution in [2.24, 2.45) is 5.73 Å². The second-order valence-electron chi connectivity index (χ2n) is 5.02. The molecule has 19 heavy (non-hydrogen) atoms. The van der Waals surface area contributed by atoms with Crippen LogP contribution in [0.15, 0.2) is 18.2 Å². The molecule has 1 rings (SSSR count). The largest absolute Gasteiger partial charge is 0.416 e. The summed E-state index contributed by atoms with van der Waals surface area (Å²) in [5, 5.41) is 0. The summed E-state index contributed by atoms with van der Waals surface area (Å²) in [6.07, 6.45) is -3.17. The average Bonchev–Trinajstić information content (AvgIpc) is 2.26. The van der Waals surface area contributed by atoms with Gasteiger partial charge in [-0.3, -0.25) is 4.79 Å². The first kappa shape index (κ1) is 15.7. The molecule has 1 aromatic carbocycles. The molecule has 0 heterocycles. The SMILES string of the molecule is CCCC(C)(N)C(=O)c1ccc(C(F)(F)F)cc1C. The van der Waals surface area contributed by atoms with Gasteiger partial charge in [0.1, 0.15) is 0 Å². The van der Waals surface area contributed by atoms with Crippen LogP contribution in [0.2, 0.25) is 0 Å². The predicted octanol–water partition coefficient (Wildman–Crippen LogP) is 3.71. The van der Waals surface area contributed by atoms with E-state index in [4.69, 9.17) is 5.73 Å². The van der Waals surface area contributed by atoms with Crippen molar-refractivity contribution in [2.45, 2.75) is 45.3 Å². The van der Waals surface area contributed by atoms with Gasteiger partial charge in [-0.25, -0.2) is 0 Å². The van der Waals surface area contributed by atoms with E-state index in [1.165, 1.54) is 13.0 Å².